The van der Waals surface area contributed by atoms with Crippen molar-refractivity contribution in [1.82, 2.24) is 15.2 Å². The van der Waals surface area contributed by atoms with Crippen LogP contribution in [0.5, 0.6) is 0 Å². The molecule has 134 valence electrons. The second kappa shape index (κ2) is 6.48. The maximum absolute atomic E-state index is 14.3. The summed E-state index contributed by atoms with van der Waals surface area (Å²) in [5, 5.41) is 6.69. The van der Waals surface area contributed by atoms with E-state index in [0.29, 0.717) is 30.7 Å². The third-order valence-electron chi connectivity index (χ3n) is 4.03. The van der Waals surface area contributed by atoms with Gasteiger partial charge in [-0.05, 0) is 44.4 Å². The van der Waals surface area contributed by atoms with Crippen molar-refractivity contribution in [3.05, 3.63) is 46.0 Å². The van der Waals surface area contributed by atoms with Gasteiger partial charge in [-0.1, -0.05) is 0 Å². The largest absolute Gasteiger partial charge is 0.444 e. The molecule has 0 spiro atoms. The van der Waals surface area contributed by atoms with Gasteiger partial charge in [-0.2, -0.15) is 0 Å². The van der Waals surface area contributed by atoms with Gasteiger partial charge < -0.3 is 19.9 Å². The summed E-state index contributed by atoms with van der Waals surface area (Å²) < 4.78 is 21.1. The number of pyridine rings is 1. The van der Waals surface area contributed by atoms with Gasteiger partial charge in [0.1, 0.15) is 11.4 Å². The lowest BCUT2D eigenvalue weighted by Gasteiger charge is -2.20. The van der Waals surface area contributed by atoms with E-state index in [9.17, 15) is 14.0 Å². The number of hydrogen-bond acceptors (Lipinski definition) is 4. The van der Waals surface area contributed by atoms with E-state index < -0.39 is 11.7 Å². The van der Waals surface area contributed by atoms with Gasteiger partial charge in [0.05, 0.1) is 11.6 Å². The van der Waals surface area contributed by atoms with Crippen LogP contribution < -0.4 is 16.2 Å². The van der Waals surface area contributed by atoms with Crippen molar-refractivity contribution in [2.45, 2.75) is 39.0 Å². The molecule has 0 unspecified atom stereocenters. The van der Waals surface area contributed by atoms with Crippen LogP contribution in [-0.4, -0.2) is 29.4 Å². The maximum atomic E-state index is 14.3. The lowest BCUT2D eigenvalue weighted by atomic mass is 10.1. The Bertz CT molecular complexity index is 870. The molecule has 1 atom stereocenters. The predicted molar refractivity (Wildman–Crippen MR) is 93.1 cm³/mol. The molecule has 6 nitrogen and oxygen atoms in total. The molecule has 1 aromatic carbocycles. The normalized spacial score (nSPS) is 16.2. The summed E-state index contributed by atoms with van der Waals surface area (Å²) in [5.74, 6) is -0.332. The van der Waals surface area contributed by atoms with Crippen molar-refractivity contribution in [3.63, 3.8) is 0 Å². The highest BCUT2D eigenvalue weighted by molar-refractivity contribution is 5.84. The number of ether oxygens (including phenoxy) is 1. The van der Waals surface area contributed by atoms with Crippen molar-refractivity contribution >= 4 is 17.0 Å². The Morgan fingerprint density at radius 2 is 2.00 bits per heavy atom. The fourth-order valence-electron chi connectivity index (χ4n) is 3.08. The molecule has 1 aliphatic rings. The van der Waals surface area contributed by atoms with Gasteiger partial charge in [0.25, 0.3) is 5.56 Å². The highest BCUT2D eigenvalue weighted by Crippen LogP contribution is 2.32. The average Bonchev–Trinajstić information content (AvgIpc) is 2.90. The number of rotatable bonds is 4. The number of nitrogens with one attached hydrogen (secondary N) is 2. The number of aromatic nitrogens is 1. The van der Waals surface area contributed by atoms with Crippen LogP contribution >= 0.6 is 0 Å². The van der Waals surface area contributed by atoms with Gasteiger partial charge in [-0.15, -0.1) is 0 Å². The highest BCUT2D eigenvalue weighted by Gasteiger charge is 2.28. The van der Waals surface area contributed by atoms with Crippen LogP contribution in [0.15, 0.2) is 29.1 Å². The van der Waals surface area contributed by atoms with Crippen molar-refractivity contribution in [1.29, 1.82) is 0 Å². The SMILES string of the molecule is CC(C)(C)OC(=O)NCCN[C@H]1Cn2c(=O)ccc3ccc(F)c1c32. The van der Waals surface area contributed by atoms with Crippen molar-refractivity contribution in [2.24, 2.45) is 0 Å². The number of carbonyl (C=O) groups excluding carboxylic acids is 1. The first kappa shape index (κ1) is 17.4. The van der Waals surface area contributed by atoms with Crippen LogP contribution in [0.1, 0.15) is 32.4 Å². The Morgan fingerprint density at radius 1 is 1.28 bits per heavy atom. The van der Waals surface area contributed by atoms with Crippen molar-refractivity contribution < 1.29 is 13.9 Å². The number of halogens is 1. The average molecular weight is 347 g/mol. The van der Waals surface area contributed by atoms with Crippen LogP contribution in [0, 0.1) is 5.82 Å². The summed E-state index contributed by atoms with van der Waals surface area (Å²) in [7, 11) is 0. The van der Waals surface area contributed by atoms with Gasteiger partial charge >= 0.3 is 6.09 Å². The van der Waals surface area contributed by atoms with Crippen LogP contribution in [0.2, 0.25) is 0 Å². The summed E-state index contributed by atoms with van der Waals surface area (Å²) in [5.41, 5.74) is 0.456. The zero-order valence-electron chi connectivity index (χ0n) is 14.6. The Morgan fingerprint density at radius 3 is 2.72 bits per heavy atom. The van der Waals surface area contributed by atoms with Crippen molar-refractivity contribution in [2.75, 3.05) is 13.1 Å². The van der Waals surface area contributed by atoms with Gasteiger partial charge in [0, 0.05) is 31.3 Å². The predicted octanol–water partition coefficient (Wildman–Crippen LogP) is 2.31. The molecular weight excluding hydrogens is 325 g/mol. The molecule has 2 N–H and O–H groups in total. The fourth-order valence-corrected chi connectivity index (χ4v) is 3.08. The summed E-state index contributed by atoms with van der Waals surface area (Å²) in [6.07, 6.45) is -0.492. The van der Waals surface area contributed by atoms with E-state index >= 15 is 0 Å². The first-order chi connectivity index (χ1) is 11.8. The molecule has 25 heavy (non-hydrogen) atoms. The number of nitrogens with zero attached hydrogens (tertiary/aromatic N) is 1. The Hall–Kier alpha value is -2.41. The van der Waals surface area contributed by atoms with E-state index in [2.05, 4.69) is 10.6 Å². The van der Waals surface area contributed by atoms with E-state index in [-0.39, 0.29) is 17.4 Å². The number of amides is 1. The van der Waals surface area contributed by atoms with Gasteiger partial charge in [0.2, 0.25) is 0 Å². The molecule has 3 rings (SSSR count). The molecule has 0 radical (unpaired) electrons. The number of alkyl carbamates (subject to hydrolysis) is 1. The molecule has 0 saturated carbocycles. The standard InChI is InChI=1S/C18H22FN3O3/c1-18(2,3)25-17(24)21-9-8-20-13-10-22-14(23)7-5-11-4-6-12(19)15(13)16(11)22/h4-7,13,20H,8-10H2,1-3H3,(H,21,24)/t13-/m0/s1. The summed E-state index contributed by atoms with van der Waals surface area (Å²) in [4.78, 5) is 23.7. The van der Waals surface area contributed by atoms with Gasteiger partial charge in [-0.25, -0.2) is 9.18 Å². The molecular formula is C18H22FN3O3. The first-order valence-corrected chi connectivity index (χ1v) is 8.28. The quantitative estimate of drug-likeness (QED) is 0.833. The van der Waals surface area contributed by atoms with Crippen LogP contribution in [-0.2, 0) is 11.3 Å². The number of hydrogen-bond donors (Lipinski definition) is 2. The van der Waals surface area contributed by atoms with Crippen LogP contribution in [0.4, 0.5) is 9.18 Å². The Balaban J connectivity index is 1.65. The molecule has 2 heterocycles. The third kappa shape index (κ3) is 3.66. The van der Waals surface area contributed by atoms with Crippen molar-refractivity contribution in [3.8, 4) is 0 Å². The minimum absolute atomic E-state index is 0.143. The lowest BCUT2D eigenvalue weighted by Crippen LogP contribution is -2.37. The molecule has 1 aromatic heterocycles. The zero-order chi connectivity index (χ0) is 18.2. The lowest BCUT2D eigenvalue weighted by molar-refractivity contribution is 0.0528. The molecule has 0 saturated heterocycles. The molecule has 0 fully saturated rings. The van der Waals surface area contributed by atoms with E-state index in [1.54, 1.807) is 37.5 Å². The molecule has 7 heteroatoms. The fraction of sp³-hybridized carbons (Fsp3) is 0.444. The minimum Gasteiger partial charge on any atom is -0.444 e. The van der Waals surface area contributed by atoms with E-state index in [0.717, 1.165) is 5.39 Å². The van der Waals surface area contributed by atoms with Crippen LogP contribution in [0.3, 0.4) is 0 Å². The second-order valence-electron chi connectivity index (χ2n) is 7.12. The van der Waals surface area contributed by atoms with Gasteiger partial charge in [0.15, 0.2) is 0 Å². The molecule has 1 amide bonds. The zero-order valence-corrected chi connectivity index (χ0v) is 14.6. The third-order valence-corrected chi connectivity index (χ3v) is 4.03. The first-order valence-electron chi connectivity index (χ1n) is 8.28. The Kier molecular flexibility index (Phi) is 4.51. The maximum Gasteiger partial charge on any atom is 0.407 e. The molecule has 2 aromatic rings. The monoisotopic (exact) mass is 347 g/mol. The molecule has 0 bridgehead atoms. The highest BCUT2D eigenvalue weighted by atomic mass is 19.1. The van der Waals surface area contributed by atoms with Gasteiger partial charge in [-0.3, -0.25) is 4.79 Å². The minimum atomic E-state index is -0.551. The smallest absolute Gasteiger partial charge is 0.407 e. The summed E-state index contributed by atoms with van der Waals surface area (Å²) in [6.45, 7) is 6.53. The second-order valence-corrected chi connectivity index (χ2v) is 7.12. The number of carbonyl (C=O) groups is 1. The molecule has 0 aliphatic carbocycles. The van der Waals surface area contributed by atoms with E-state index in [4.69, 9.17) is 4.74 Å². The van der Waals surface area contributed by atoms with Crippen LogP contribution in [0.25, 0.3) is 10.9 Å². The topological polar surface area (TPSA) is 72.4 Å². The van der Waals surface area contributed by atoms with E-state index in [1.807, 2.05) is 0 Å². The number of benzene rings is 1. The Labute approximate surface area is 145 Å². The van der Waals surface area contributed by atoms with E-state index in [1.165, 1.54) is 12.1 Å². The summed E-state index contributed by atoms with van der Waals surface area (Å²) >= 11 is 0. The molecule has 1 aliphatic heterocycles. The summed E-state index contributed by atoms with van der Waals surface area (Å²) in [6, 6.07) is 6.00.